The lowest BCUT2D eigenvalue weighted by Gasteiger charge is -2.20. The number of ether oxygens (including phenoxy) is 1. The number of esters is 1. The molecule has 172 valence electrons. The van der Waals surface area contributed by atoms with Crippen LogP contribution in [0.15, 0.2) is 59.0 Å². The predicted molar refractivity (Wildman–Crippen MR) is 118 cm³/mol. The molecule has 2 N–H and O–H groups in total. The average Bonchev–Trinajstić information content (AvgIpc) is 2.67. The van der Waals surface area contributed by atoms with Crippen molar-refractivity contribution in [3.8, 4) is 0 Å². The standard InChI is InChI=1S/C23H26FNO6S/c1-5-31-22(28)19(14-20(26)27)21(15-6-10-17(24)11-7-15)16-8-12-18(13-9-16)32(29,30)25-23(2,3)4/h6-13,25H,5,14H2,1-4H3,(H,26,27). The number of carboxylic acid groups (broad SMARTS) is 1. The van der Waals surface area contributed by atoms with E-state index in [9.17, 15) is 27.5 Å². The fraction of sp³-hybridized carbons (Fsp3) is 0.304. The number of halogens is 1. The number of sulfonamides is 1. The number of hydrogen-bond donors (Lipinski definition) is 2. The SMILES string of the molecule is CCOC(=O)C(CC(=O)O)=C(c1ccc(F)cc1)c1ccc(S(=O)(=O)NC(C)(C)C)cc1. The Labute approximate surface area is 187 Å². The summed E-state index contributed by atoms with van der Waals surface area (Å²) < 4.78 is 46.3. The van der Waals surface area contributed by atoms with Crippen molar-refractivity contribution in [3.05, 3.63) is 71.0 Å². The van der Waals surface area contributed by atoms with E-state index < -0.39 is 39.7 Å². The van der Waals surface area contributed by atoms with Gasteiger partial charge in [0.2, 0.25) is 10.0 Å². The van der Waals surface area contributed by atoms with Gasteiger partial charge in [0.1, 0.15) is 5.82 Å². The highest BCUT2D eigenvalue weighted by molar-refractivity contribution is 7.89. The van der Waals surface area contributed by atoms with Gasteiger partial charge in [-0.2, -0.15) is 0 Å². The third-order valence-corrected chi connectivity index (χ3v) is 5.95. The number of benzene rings is 2. The van der Waals surface area contributed by atoms with Crippen LogP contribution in [0.5, 0.6) is 0 Å². The first kappa shape index (κ1) is 25.2. The van der Waals surface area contributed by atoms with Gasteiger partial charge < -0.3 is 9.84 Å². The van der Waals surface area contributed by atoms with Crippen LogP contribution in [0.2, 0.25) is 0 Å². The van der Waals surface area contributed by atoms with Gasteiger partial charge >= 0.3 is 11.9 Å². The Morgan fingerprint density at radius 1 is 1.00 bits per heavy atom. The van der Waals surface area contributed by atoms with E-state index in [0.29, 0.717) is 11.1 Å². The molecule has 0 fully saturated rings. The zero-order chi connectivity index (χ0) is 24.1. The molecule has 0 spiro atoms. The van der Waals surface area contributed by atoms with E-state index in [4.69, 9.17) is 4.74 Å². The van der Waals surface area contributed by atoms with Gasteiger partial charge in [-0.05, 0) is 68.7 Å². The second-order valence-electron chi connectivity index (χ2n) is 8.03. The van der Waals surface area contributed by atoms with E-state index in [-0.39, 0.29) is 22.6 Å². The van der Waals surface area contributed by atoms with Crippen molar-refractivity contribution >= 4 is 27.5 Å². The molecule has 32 heavy (non-hydrogen) atoms. The zero-order valence-electron chi connectivity index (χ0n) is 18.3. The van der Waals surface area contributed by atoms with Crippen molar-refractivity contribution in [3.63, 3.8) is 0 Å². The third kappa shape index (κ3) is 6.73. The molecule has 0 unspecified atom stereocenters. The Morgan fingerprint density at radius 3 is 1.94 bits per heavy atom. The maximum atomic E-state index is 13.5. The van der Waals surface area contributed by atoms with Crippen molar-refractivity contribution in [1.82, 2.24) is 4.72 Å². The van der Waals surface area contributed by atoms with Crippen LogP contribution in [0, 0.1) is 5.82 Å². The van der Waals surface area contributed by atoms with E-state index in [2.05, 4.69) is 4.72 Å². The molecular weight excluding hydrogens is 437 g/mol. The van der Waals surface area contributed by atoms with Gasteiger partial charge in [-0.15, -0.1) is 0 Å². The average molecular weight is 464 g/mol. The number of hydrogen-bond acceptors (Lipinski definition) is 5. The van der Waals surface area contributed by atoms with Crippen molar-refractivity contribution < 1.29 is 32.2 Å². The number of carbonyl (C=O) groups excluding carboxylic acids is 1. The summed E-state index contributed by atoms with van der Waals surface area (Å²) in [4.78, 5) is 24.1. The molecule has 0 amide bonds. The molecule has 0 aromatic heterocycles. The summed E-state index contributed by atoms with van der Waals surface area (Å²) in [7, 11) is -3.80. The minimum absolute atomic E-state index is 0.00514. The normalized spacial score (nSPS) is 12.8. The smallest absolute Gasteiger partial charge is 0.335 e. The van der Waals surface area contributed by atoms with Crippen LogP contribution in [0.3, 0.4) is 0 Å². The van der Waals surface area contributed by atoms with Crippen LogP contribution in [-0.2, 0) is 24.3 Å². The molecule has 0 aliphatic heterocycles. The summed E-state index contributed by atoms with van der Waals surface area (Å²) in [5.74, 6) is -2.57. The highest BCUT2D eigenvalue weighted by atomic mass is 32.2. The summed E-state index contributed by atoms with van der Waals surface area (Å²) in [6.45, 7) is 6.77. The van der Waals surface area contributed by atoms with Crippen LogP contribution < -0.4 is 4.72 Å². The van der Waals surface area contributed by atoms with Gasteiger partial charge in [-0.1, -0.05) is 24.3 Å². The highest BCUT2D eigenvalue weighted by Gasteiger charge is 2.25. The second kappa shape index (κ2) is 10.1. The largest absolute Gasteiger partial charge is 0.481 e. The fourth-order valence-electron chi connectivity index (χ4n) is 3.03. The van der Waals surface area contributed by atoms with Gasteiger partial charge in [-0.25, -0.2) is 22.3 Å². The van der Waals surface area contributed by atoms with Gasteiger partial charge in [0.05, 0.1) is 23.5 Å². The first-order chi connectivity index (χ1) is 14.8. The summed E-state index contributed by atoms with van der Waals surface area (Å²) in [5.41, 5.74) is 0.178. The van der Waals surface area contributed by atoms with Gasteiger partial charge in [0, 0.05) is 5.54 Å². The van der Waals surface area contributed by atoms with E-state index in [1.807, 2.05) is 0 Å². The van der Waals surface area contributed by atoms with Crippen LogP contribution >= 0.6 is 0 Å². The molecule has 0 saturated heterocycles. The molecule has 0 aliphatic carbocycles. The van der Waals surface area contributed by atoms with Crippen molar-refractivity contribution in [2.75, 3.05) is 6.61 Å². The van der Waals surface area contributed by atoms with Gasteiger partial charge in [0.15, 0.2) is 0 Å². The molecule has 0 aliphatic rings. The topological polar surface area (TPSA) is 110 Å². The lowest BCUT2D eigenvalue weighted by atomic mass is 9.91. The Kier molecular flexibility index (Phi) is 7.92. The molecule has 2 aromatic carbocycles. The highest BCUT2D eigenvalue weighted by Crippen LogP contribution is 2.30. The molecular formula is C23H26FNO6S. The van der Waals surface area contributed by atoms with Gasteiger partial charge in [0.25, 0.3) is 0 Å². The lowest BCUT2D eigenvalue weighted by Crippen LogP contribution is -2.40. The number of rotatable bonds is 8. The third-order valence-electron chi connectivity index (χ3n) is 4.18. The van der Waals surface area contributed by atoms with Crippen LogP contribution in [-0.4, -0.2) is 37.6 Å². The Hall–Kier alpha value is -3.04. The first-order valence-corrected chi connectivity index (χ1v) is 11.3. The Bertz CT molecular complexity index is 1110. The van der Waals surface area contributed by atoms with E-state index in [1.165, 1.54) is 48.5 Å². The summed E-state index contributed by atoms with van der Waals surface area (Å²) in [6, 6.07) is 10.9. The number of nitrogens with one attached hydrogen (secondary N) is 1. The van der Waals surface area contributed by atoms with E-state index in [0.717, 1.165) is 0 Å². The zero-order valence-corrected chi connectivity index (χ0v) is 19.1. The minimum atomic E-state index is -3.80. The molecule has 0 atom stereocenters. The predicted octanol–water partition coefficient (Wildman–Crippen LogP) is 3.74. The monoisotopic (exact) mass is 463 g/mol. The van der Waals surface area contributed by atoms with Crippen LogP contribution in [0.1, 0.15) is 45.2 Å². The minimum Gasteiger partial charge on any atom is -0.481 e. The number of carbonyl (C=O) groups is 2. The molecule has 2 aromatic rings. The Morgan fingerprint density at radius 2 is 1.50 bits per heavy atom. The fourth-order valence-corrected chi connectivity index (χ4v) is 4.44. The number of carboxylic acids is 1. The molecule has 0 saturated carbocycles. The summed E-state index contributed by atoms with van der Waals surface area (Å²) >= 11 is 0. The van der Waals surface area contributed by atoms with E-state index in [1.54, 1.807) is 27.7 Å². The Balaban J connectivity index is 2.68. The van der Waals surface area contributed by atoms with E-state index >= 15 is 0 Å². The molecule has 0 radical (unpaired) electrons. The molecule has 2 rings (SSSR count). The molecule has 9 heteroatoms. The first-order valence-electron chi connectivity index (χ1n) is 9.86. The molecule has 0 bridgehead atoms. The maximum Gasteiger partial charge on any atom is 0.335 e. The maximum absolute atomic E-state index is 13.5. The quantitative estimate of drug-likeness (QED) is 0.456. The second-order valence-corrected chi connectivity index (χ2v) is 9.71. The summed E-state index contributed by atoms with van der Waals surface area (Å²) in [6.07, 6.45) is -0.628. The van der Waals surface area contributed by atoms with Crippen LogP contribution in [0.25, 0.3) is 5.57 Å². The van der Waals surface area contributed by atoms with Crippen LogP contribution in [0.4, 0.5) is 4.39 Å². The van der Waals surface area contributed by atoms with Crippen molar-refractivity contribution in [2.24, 2.45) is 0 Å². The number of aliphatic carboxylic acids is 1. The molecule has 0 heterocycles. The van der Waals surface area contributed by atoms with Crippen molar-refractivity contribution in [1.29, 1.82) is 0 Å². The lowest BCUT2D eigenvalue weighted by molar-refractivity contribution is -0.142. The van der Waals surface area contributed by atoms with Crippen molar-refractivity contribution in [2.45, 2.75) is 44.6 Å². The molecule has 7 nitrogen and oxygen atoms in total. The van der Waals surface area contributed by atoms with Gasteiger partial charge in [-0.3, -0.25) is 4.79 Å². The summed E-state index contributed by atoms with van der Waals surface area (Å²) in [5, 5.41) is 9.36.